The average Bonchev–Trinajstić information content (AvgIpc) is 2.71. The maximum absolute atomic E-state index is 12.3. The fraction of sp³-hybridized carbons (Fsp3) is 0.364. The summed E-state index contributed by atoms with van der Waals surface area (Å²) < 4.78 is 5.14. The number of amides is 2. The lowest BCUT2D eigenvalue weighted by Crippen LogP contribution is -2.35. The van der Waals surface area contributed by atoms with E-state index < -0.39 is 0 Å². The van der Waals surface area contributed by atoms with E-state index in [1.54, 1.807) is 7.11 Å². The minimum atomic E-state index is -0.0110. The molecule has 5 nitrogen and oxygen atoms in total. The van der Waals surface area contributed by atoms with Crippen molar-refractivity contribution in [1.82, 2.24) is 4.90 Å². The quantitative estimate of drug-likeness (QED) is 0.850. The highest BCUT2D eigenvalue weighted by Gasteiger charge is 2.19. The van der Waals surface area contributed by atoms with Gasteiger partial charge in [-0.25, -0.2) is 0 Å². The van der Waals surface area contributed by atoms with Crippen LogP contribution in [0.4, 0.5) is 5.69 Å². The van der Waals surface area contributed by atoms with Gasteiger partial charge in [-0.3, -0.25) is 9.59 Å². The molecule has 2 amide bonds. The van der Waals surface area contributed by atoms with E-state index in [0.717, 1.165) is 35.5 Å². The van der Waals surface area contributed by atoms with Gasteiger partial charge in [-0.2, -0.15) is 0 Å². The third-order valence-corrected chi connectivity index (χ3v) is 4.96. The van der Waals surface area contributed by atoms with Crippen LogP contribution < -0.4 is 10.1 Å². The van der Waals surface area contributed by atoms with Gasteiger partial charge in [0.2, 0.25) is 11.8 Å². The van der Waals surface area contributed by atoms with E-state index in [2.05, 4.69) is 11.4 Å². The van der Waals surface area contributed by atoms with E-state index in [9.17, 15) is 9.59 Å². The summed E-state index contributed by atoms with van der Waals surface area (Å²) in [5.74, 6) is 0.977. The highest BCUT2D eigenvalue weighted by atomic mass is 16.5. The lowest BCUT2D eigenvalue weighted by Gasteiger charge is -2.29. The monoisotopic (exact) mass is 366 g/mol. The molecule has 0 fully saturated rings. The summed E-state index contributed by atoms with van der Waals surface area (Å²) in [5.41, 5.74) is 4.27. The molecule has 0 unspecified atom stereocenters. The molecule has 2 aromatic carbocycles. The van der Waals surface area contributed by atoms with Gasteiger partial charge in [0.1, 0.15) is 5.75 Å². The molecule has 0 saturated heterocycles. The molecule has 142 valence electrons. The molecule has 1 N–H and O–H groups in total. The van der Waals surface area contributed by atoms with Crippen molar-refractivity contribution >= 4 is 17.5 Å². The number of fused-ring (bicyclic) bond motifs is 1. The number of hydrogen-bond donors (Lipinski definition) is 1. The van der Waals surface area contributed by atoms with Crippen LogP contribution in [-0.4, -0.2) is 30.4 Å². The van der Waals surface area contributed by atoms with Gasteiger partial charge in [0.25, 0.3) is 0 Å². The molecule has 0 aromatic heterocycles. The van der Waals surface area contributed by atoms with Gasteiger partial charge in [-0.15, -0.1) is 0 Å². The second kappa shape index (κ2) is 8.71. The first-order valence-electron chi connectivity index (χ1n) is 9.41. The molecule has 0 saturated carbocycles. The van der Waals surface area contributed by atoms with E-state index >= 15 is 0 Å². The maximum Gasteiger partial charge on any atom is 0.224 e. The van der Waals surface area contributed by atoms with Crippen LogP contribution >= 0.6 is 0 Å². The summed E-state index contributed by atoms with van der Waals surface area (Å²) in [6.45, 7) is 3.28. The lowest BCUT2D eigenvalue weighted by molar-refractivity contribution is -0.131. The molecule has 5 heteroatoms. The molecule has 27 heavy (non-hydrogen) atoms. The number of carbonyl (C=O) groups is 2. The maximum atomic E-state index is 12.3. The Balaban J connectivity index is 1.57. The molecule has 0 bridgehead atoms. The first-order valence-corrected chi connectivity index (χ1v) is 9.41. The minimum Gasteiger partial charge on any atom is -0.497 e. The van der Waals surface area contributed by atoms with Crippen LogP contribution in [0.3, 0.4) is 0 Å². The van der Waals surface area contributed by atoms with Crippen LogP contribution in [0.1, 0.15) is 36.5 Å². The van der Waals surface area contributed by atoms with Crippen molar-refractivity contribution in [3.8, 4) is 5.75 Å². The predicted molar refractivity (Wildman–Crippen MR) is 106 cm³/mol. The number of benzene rings is 2. The number of methoxy groups -OCH3 is 1. The summed E-state index contributed by atoms with van der Waals surface area (Å²) in [6.07, 6.45) is 2.49. The molecular weight excluding hydrogens is 340 g/mol. The van der Waals surface area contributed by atoms with Crippen LogP contribution in [0.5, 0.6) is 5.75 Å². The fourth-order valence-corrected chi connectivity index (χ4v) is 3.34. The van der Waals surface area contributed by atoms with Crippen molar-refractivity contribution in [2.45, 2.75) is 39.2 Å². The summed E-state index contributed by atoms with van der Waals surface area (Å²) in [4.78, 5) is 26.1. The van der Waals surface area contributed by atoms with Crippen LogP contribution in [0, 0.1) is 0 Å². The predicted octanol–water partition coefficient (Wildman–Crippen LogP) is 3.56. The van der Waals surface area contributed by atoms with Crippen molar-refractivity contribution in [1.29, 1.82) is 0 Å². The van der Waals surface area contributed by atoms with Gasteiger partial charge >= 0.3 is 0 Å². The highest BCUT2D eigenvalue weighted by Crippen LogP contribution is 2.23. The zero-order valence-corrected chi connectivity index (χ0v) is 16.0. The number of rotatable bonds is 6. The number of hydrogen-bond acceptors (Lipinski definition) is 3. The smallest absolute Gasteiger partial charge is 0.224 e. The summed E-state index contributed by atoms with van der Waals surface area (Å²) in [6, 6.07) is 13.8. The zero-order chi connectivity index (χ0) is 19.2. The number of carbonyl (C=O) groups excluding carboxylic acids is 2. The number of nitrogens with one attached hydrogen (secondary N) is 1. The first-order chi connectivity index (χ1) is 13.1. The van der Waals surface area contributed by atoms with Crippen LogP contribution in [0.15, 0.2) is 42.5 Å². The number of anilines is 1. The van der Waals surface area contributed by atoms with Gasteiger partial charge in [-0.1, -0.05) is 25.1 Å². The summed E-state index contributed by atoms with van der Waals surface area (Å²) >= 11 is 0. The third-order valence-electron chi connectivity index (χ3n) is 4.96. The zero-order valence-electron chi connectivity index (χ0n) is 16.0. The highest BCUT2D eigenvalue weighted by molar-refractivity contribution is 5.91. The Bertz CT molecular complexity index is 815. The van der Waals surface area contributed by atoms with Crippen molar-refractivity contribution < 1.29 is 14.3 Å². The van der Waals surface area contributed by atoms with E-state index in [1.165, 1.54) is 5.56 Å². The van der Waals surface area contributed by atoms with Gasteiger partial charge in [0.05, 0.1) is 7.11 Å². The number of nitrogens with zero attached hydrogens (tertiary/aromatic N) is 1. The molecule has 2 aromatic rings. The Kier molecular flexibility index (Phi) is 6.12. The molecule has 1 aliphatic rings. The average molecular weight is 366 g/mol. The molecule has 0 aliphatic carbocycles. The Morgan fingerprint density at radius 3 is 2.59 bits per heavy atom. The van der Waals surface area contributed by atoms with E-state index in [-0.39, 0.29) is 11.8 Å². The van der Waals surface area contributed by atoms with Gasteiger partial charge < -0.3 is 15.0 Å². The van der Waals surface area contributed by atoms with Gasteiger partial charge in [-0.05, 0) is 53.8 Å². The molecule has 0 atom stereocenters. The Morgan fingerprint density at radius 2 is 1.89 bits per heavy atom. The van der Waals surface area contributed by atoms with Crippen molar-refractivity contribution in [3.63, 3.8) is 0 Å². The molecular formula is C22H26N2O3. The topological polar surface area (TPSA) is 58.6 Å². The molecule has 1 aliphatic heterocycles. The molecule has 0 radical (unpaired) electrons. The number of aryl methyl sites for hydroxylation is 1. The standard InChI is InChI=1S/C22H26N2O3/c1-3-22(26)24-13-12-17-7-8-19(14-18(17)15-24)23-21(25)11-6-16-4-9-20(27-2)10-5-16/h4-5,7-10,14H,3,6,11-13,15H2,1-2H3,(H,23,25). The normalized spacial score (nSPS) is 13.0. The van der Waals surface area contributed by atoms with E-state index in [0.29, 0.717) is 25.8 Å². The van der Waals surface area contributed by atoms with Gasteiger partial charge in [0.15, 0.2) is 0 Å². The van der Waals surface area contributed by atoms with Gasteiger partial charge in [0, 0.05) is 31.6 Å². The Hall–Kier alpha value is -2.82. The summed E-state index contributed by atoms with van der Waals surface area (Å²) in [7, 11) is 1.64. The fourth-order valence-electron chi connectivity index (χ4n) is 3.34. The second-order valence-electron chi connectivity index (χ2n) is 6.80. The van der Waals surface area contributed by atoms with Crippen LogP contribution in [0.25, 0.3) is 0 Å². The largest absolute Gasteiger partial charge is 0.497 e. The van der Waals surface area contributed by atoms with Crippen LogP contribution in [0.2, 0.25) is 0 Å². The van der Waals surface area contributed by atoms with Crippen molar-refractivity contribution in [2.75, 3.05) is 19.0 Å². The third kappa shape index (κ3) is 4.88. The SMILES string of the molecule is CCC(=O)N1CCc2ccc(NC(=O)CCc3ccc(OC)cc3)cc2C1. The first kappa shape index (κ1) is 19.0. The molecule has 0 spiro atoms. The van der Waals surface area contributed by atoms with Crippen molar-refractivity contribution in [3.05, 3.63) is 59.2 Å². The minimum absolute atomic E-state index is 0.0110. The Labute approximate surface area is 160 Å². The van der Waals surface area contributed by atoms with E-state index in [1.807, 2.05) is 48.2 Å². The molecule has 3 rings (SSSR count). The molecule has 1 heterocycles. The second-order valence-corrected chi connectivity index (χ2v) is 6.80. The lowest BCUT2D eigenvalue weighted by atomic mass is 9.98. The Morgan fingerprint density at radius 1 is 1.11 bits per heavy atom. The van der Waals surface area contributed by atoms with Crippen LogP contribution in [-0.2, 0) is 29.0 Å². The number of ether oxygens (including phenoxy) is 1. The van der Waals surface area contributed by atoms with Crippen molar-refractivity contribution in [2.24, 2.45) is 0 Å². The van der Waals surface area contributed by atoms with E-state index in [4.69, 9.17) is 4.74 Å². The summed E-state index contributed by atoms with van der Waals surface area (Å²) in [5, 5.41) is 2.98.